The van der Waals surface area contributed by atoms with Crippen molar-refractivity contribution in [1.29, 1.82) is 0 Å². The second kappa shape index (κ2) is 8.49. The molecule has 30 heavy (non-hydrogen) atoms. The fourth-order valence-electron chi connectivity index (χ4n) is 3.58. The van der Waals surface area contributed by atoms with E-state index in [9.17, 15) is 8.42 Å². The number of sulfonamides is 1. The van der Waals surface area contributed by atoms with E-state index in [-0.39, 0.29) is 10.9 Å². The average Bonchev–Trinajstić information content (AvgIpc) is 3.18. The van der Waals surface area contributed by atoms with Crippen molar-refractivity contribution < 1.29 is 8.42 Å². The first-order valence-electron chi connectivity index (χ1n) is 9.83. The molecule has 4 rings (SSSR count). The van der Waals surface area contributed by atoms with Gasteiger partial charge in [-0.25, -0.2) is 13.4 Å². The highest BCUT2D eigenvalue weighted by atomic mass is 32.2. The zero-order valence-corrected chi connectivity index (χ0v) is 18.7. The first-order valence-corrected chi connectivity index (χ1v) is 12.0. The molecule has 2 aromatic carbocycles. The van der Waals surface area contributed by atoms with Crippen LogP contribution in [0.1, 0.15) is 23.9 Å². The fraction of sp³-hybridized carbons (Fsp3) is 0.333. The van der Waals surface area contributed by atoms with Crippen LogP contribution in [0.3, 0.4) is 0 Å². The Bertz CT molecular complexity index is 1110. The van der Waals surface area contributed by atoms with Gasteiger partial charge in [-0.3, -0.25) is 0 Å². The van der Waals surface area contributed by atoms with Gasteiger partial charge in [0.25, 0.3) is 0 Å². The van der Waals surface area contributed by atoms with Crippen molar-refractivity contribution >= 4 is 40.0 Å². The minimum atomic E-state index is -3.55. The van der Waals surface area contributed by atoms with Crippen LogP contribution < -0.4 is 10.4 Å². The van der Waals surface area contributed by atoms with Crippen molar-refractivity contribution in [3.05, 3.63) is 65.5 Å². The van der Waals surface area contributed by atoms with E-state index in [1.807, 2.05) is 6.92 Å². The Hall–Kier alpha value is -2.23. The van der Waals surface area contributed by atoms with Crippen molar-refractivity contribution in [2.75, 3.05) is 24.5 Å². The third-order valence-electron chi connectivity index (χ3n) is 5.26. The lowest BCUT2D eigenvalue weighted by Crippen LogP contribution is -2.54. The van der Waals surface area contributed by atoms with Crippen molar-refractivity contribution in [2.45, 2.75) is 31.2 Å². The van der Waals surface area contributed by atoms with E-state index in [1.165, 1.54) is 22.7 Å². The summed E-state index contributed by atoms with van der Waals surface area (Å²) < 4.78 is 32.1. The van der Waals surface area contributed by atoms with Crippen molar-refractivity contribution in [3.63, 3.8) is 0 Å². The molecule has 1 fully saturated rings. The molecule has 1 saturated heterocycles. The van der Waals surface area contributed by atoms with E-state index in [0.29, 0.717) is 31.5 Å². The fourth-order valence-corrected chi connectivity index (χ4v) is 5.91. The standard InChI is InChI=1S/C21H23BN4O2S2/c1-15-3-5-17(6-4-15)13-20-23-21(29-24-20)25-11-12-26(16(2)14-25)30(27,28)19-9-7-18(22)8-10-19/h3-10,16H,11-14H2,1-2H3. The van der Waals surface area contributed by atoms with Crippen LogP contribution in [0.2, 0.25) is 0 Å². The maximum absolute atomic E-state index is 13.0. The van der Waals surface area contributed by atoms with E-state index in [0.717, 1.165) is 11.0 Å². The summed E-state index contributed by atoms with van der Waals surface area (Å²) in [5, 5.41) is 0.841. The number of piperazine rings is 1. The van der Waals surface area contributed by atoms with Gasteiger partial charge in [0, 0.05) is 43.6 Å². The third kappa shape index (κ3) is 4.43. The minimum Gasteiger partial charge on any atom is -0.344 e. The van der Waals surface area contributed by atoms with Gasteiger partial charge in [0.05, 0.1) is 4.90 Å². The molecule has 0 amide bonds. The summed E-state index contributed by atoms with van der Waals surface area (Å²) in [5.41, 5.74) is 2.95. The molecule has 1 unspecified atom stereocenters. The molecule has 2 heterocycles. The molecule has 0 aliphatic carbocycles. The zero-order chi connectivity index (χ0) is 21.3. The molecule has 6 nitrogen and oxygen atoms in total. The molecular formula is C21H23BN4O2S2. The van der Waals surface area contributed by atoms with Gasteiger partial charge < -0.3 is 4.90 Å². The molecule has 154 valence electrons. The molecule has 0 spiro atoms. The topological polar surface area (TPSA) is 66.4 Å². The van der Waals surface area contributed by atoms with E-state index < -0.39 is 10.0 Å². The smallest absolute Gasteiger partial charge is 0.243 e. The number of hydrogen-bond acceptors (Lipinski definition) is 6. The molecule has 0 saturated carbocycles. The number of aryl methyl sites for hydroxylation is 1. The molecule has 1 aliphatic heterocycles. The average molecular weight is 438 g/mol. The largest absolute Gasteiger partial charge is 0.344 e. The van der Waals surface area contributed by atoms with Crippen molar-refractivity contribution in [2.24, 2.45) is 0 Å². The predicted molar refractivity (Wildman–Crippen MR) is 121 cm³/mol. The number of aromatic nitrogens is 2. The molecule has 0 N–H and O–H groups in total. The third-order valence-corrected chi connectivity index (χ3v) is 8.11. The van der Waals surface area contributed by atoms with E-state index >= 15 is 0 Å². The molecule has 3 aromatic rings. The normalized spacial score (nSPS) is 17.9. The Morgan fingerprint density at radius 3 is 2.47 bits per heavy atom. The molecule has 9 heteroatoms. The van der Waals surface area contributed by atoms with Crippen LogP contribution in [0.5, 0.6) is 0 Å². The number of benzene rings is 2. The second-order valence-corrected chi connectivity index (χ2v) is 10.3. The summed E-state index contributed by atoms with van der Waals surface area (Å²) in [6.07, 6.45) is 0.692. The van der Waals surface area contributed by atoms with Crippen LogP contribution in [-0.2, 0) is 16.4 Å². The predicted octanol–water partition coefficient (Wildman–Crippen LogP) is 2.13. The summed E-state index contributed by atoms with van der Waals surface area (Å²) in [7, 11) is 2.13. The van der Waals surface area contributed by atoms with Gasteiger partial charge in [-0.15, -0.1) is 0 Å². The Morgan fingerprint density at radius 2 is 1.80 bits per heavy atom. The lowest BCUT2D eigenvalue weighted by Gasteiger charge is -2.38. The zero-order valence-electron chi connectivity index (χ0n) is 17.0. The van der Waals surface area contributed by atoms with Gasteiger partial charge in [0.15, 0.2) is 0 Å². The quantitative estimate of drug-likeness (QED) is 0.571. The van der Waals surface area contributed by atoms with Gasteiger partial charge in [0.2, 0.25) is 15.2 Å². The van der Waals surface area contributed by atoms with Gasteiger partial charge in [-0.1, -0.05) is 47.4 Å². The van der Waals surface area contributed by atoms with Gasteiger partial charge >= 0.3 is 0 Å². The number of anilines is 1. The summed E-state index contributed by atoms with van der Waals surface area (Å²) in [5.74, 6) is 0.795. The van der Waals surface area contributed by atoms with Crippen LogP contribution in [0, 0.1) is 6.92 Å². The second-order valence-electron chi connectivity index (χ2n) is 7.64. The van der Waals surface area contributed by atoms with Crippen LogP contribution in [0.15, 0.2) is 53.4 Å². The van der Waals surface area contributed by atoms with E-state index in [4.69, 9.17) is 12.8 Å². The first-order chi connectivity index (χ1) is 14.3. The lowest BCUT2D eigenvalue weighted by atomic mass is 9.97. The Morgan fingerprint density at radius 1 is 1.10 bits per heavy atom. The molecule has 1 aliphatic rings. The monoisotopic (exact) mass is 438 g/mol. The molecule has 1 aromatic heterocycles. The highest BCUT2D eigenvalue weighted by Crippen LogP contribution is 2.26. The van der Waals surface area contributed by atoms with Gasteiger partial charge in [-0.05, 0) is 31.5 Å². The van der Waals surface area contributed by atoms with Crippen LogP contribution in [0.25, 0.3) is 0 Å². The number of nitrogens with zero attached hydrogens (tertiary/aromatic N) is 4. The molecule has 0 bridgehead atoms. The van der Waals surface area contributed by atoms with Crippen LogP contribution in [-0.4, -0.2) is 55.6 Å². The maximum atomic E-state index is 13.0. The van der Waals surface area contributed by atoms with E-state index in [2.05, 4.69) is 40.5 Å². The molecule has 1 atom stereocenters. The molecular weight excluding hydrogens is 415 g/mol. The number of hydrogen-bond donors (Lipinski definition) is 0. The van der Waals surface area contributed by atoms with Gasteiger partial charge in [-0.2, -0.15) is 8.68 Å². The summed E-state index contributed by atoms with van der Waals surface area (Å²) in [6, 6.07) is 14.5. The number of rotatable bonds is 5. The SMILES string of the molecule is [B]c1ccc(S(=O)(=O)N2CCN(c3nc(Cc4ccc(C)cc4)ns3)CC2C)cc1. The maximum Gasteiger partial charge on any atom is 0.243 e. The Balaban J connectivity index is 1.44. The first kappa shape index (κ1) is 21.0. The summed E-state index contributed by atoms with van der Waals surface area (Å²) in [4.78, 5) is 7.09. The Kier molecular flexibility index (Phi) is 5.95. The lowest BCUT2D eigenvalue weighted by molar-refractivity contribution is 0.306. The van der Waals surface area contributed by atoms with E-state index in [1.54, 1.807) is 28.6 Å². The summed E-state index contributed by atoms with van der Waals surface area (Å²) in [6.45, 7) is 5.55. The van der Waals surface area contributed by atoms with Crippen LogP contribution >= 0.6 is 11.5 Å². The van der Waals surface area contributed by atoms with Crippen LogP contribution in [0.4, 0.5) is 5.13 Å². The highest BCUT2D eigenvalue weighted by Gasteiger charge is 2.34. The summed E-state index contributed by atoms with van der Waals surface area (Å²) >= 11 is 1.37. The minimum absolute atomic E-state index is 0.175. The van der Waals surface area contributed by atoms with Crippen molar-refractivity contribution in [1.82, 2.24) is 13.7 Å². The van der Waals surface area contributed by atoms with Crippen molar-refractivity contribution in [3.8, 4) is 0 Å². The van der Waals surface area contributed by atoms with Gasteiger partial charge in [0.1, 0.15) is 13.7 Å². The Labute approximate surface area is 183 Å². The molecule has 2 radical (unpaired) electrons. The highest BCUT2D eigenvalue weighted by molar-refractivity contribution is 7.89.